The van der Waals surface area contributed by atoms with E-state index in [0.29, 0.717) is 12.2 Å². The van der Waals surface area contributed by atoms with Gasteiger partial charge in [-0.2, -0.15) is 13.2 Å². The fraction of sp³-hybridized carbons (Fsp3) is 0.364. The van der Waals surface area contributed by atoms with Crippen LogP contribution in [-0.4, -0.2) is 17.7 Å². The number of alkyl halides is 3. The van der Waals surface area contributed by atoms with Gasteiger partial charge >= 0.3 is 12.1 Å². The highest BCUT2D eigenvalue weighted by Gasteiger charge is 2.29. The zero-order valence-electron chi connectivity index (χ0n) is 8.83. The number of ether oxygens (including phenoxy) is 1. The summed E-state index contributed by atoms with van der Waals surface area (Å²) in [5.41, 5.74) is -0.740. The molecule has 1 N–H and O–H groups in total. The summed E-state index contributed by atoms with van der Waals surface area (Å²) in [6.07, 6.45) is -4.07. The maximum Gasteiger partial charge on any atom is 0.416 e. The highest BCUT2D eigenvalue weighted by Crippen LogP contribution is 2.30. The molecule has 0 saturated heterocycles. The lowest BCUT2D eigenvalue weighted by atomic mass is 10.2. The summed E-state index contributed by atoms with van der Waals surface area (Å²) in [6.45, 7) is 0.164. The van der Waals surface area contributed by atoms with E-state index in [9.17, 15) is 18.0 Å². The molecule has 17 heavy (non-hydrogen) atoms. The van der Waals surface area contributed by atoms with Crippen molar-refractivity contribution in [2.24, 2.45) is 0 Å². The Balaban J connectivity index is 2.43. The van der Waals surface area contributed by atoms with Gasteiger partial charge in [-0.1, -0.05) is 0 Å². The van der Waals surface area contributed by atoms with Gasteiger partial charge in [0.1, 0.15) is 5.75 Å². The topological polar surface area (TPSA) is 46.5 Å². The second-order valence-electron chi connectivity index (χ2n) is 3.37. The average Bonchev–Trinajstić information content (AvgIpc) is 2.23. The largest absolute Gasteiger partial charge is 0.494 e. The Morgan fingerprint density at radius 2 is 1.82 bits per heavy atom. The van der Waals surface area contributed by atoms with Crippen molar-refractivity contribution < 1.29 is 27.8 Å². The van der Waals surface area contributed by atoms with E-state index in [2.05, 4.69) is 0 Å². The Hall–Kier alpha value is -1.72. The molecule has 6 heteroatoms. The lowest BCUT2D eigenvalue weighted by molar-refractivity contribution is -0.138. The third-order valence-electron chi connectivity index (χ3n) is 1.99. The van der Waals surface area contributed by atoms with Crippen molar-refractivity contribution in [3.63, 3.8) is 0 Å². The van der Waals surface area contributed by atoms with Gasteiger partial charge in [-0.05, 0) is 30.7 Å². The molecule has 0 bridgehead atoms. The molecule has 0 aliphatic heterocycles. The van der Waals surface area contributed by atoms with E-state index in [1.165, 1.54) is 12.1 Å². The molecule has 1 rings (SSSR count). The van der Waals surface area contributed by atoms with Crippen LogP contribution < -0.4 is 4.74 Å². The first-order valence-electron chi connectivity index (χ1n) is 4.91. The van der Waals surface area contributed by atoms with E-state index in [1.807, 2.05) is 0 Å². The van der Waals surface area contributed by atoms with Crippen molar-refractivity contribution in [2.75, 3.05) is 6.61 Å². The number of hydrogen-bond donors (Lipinski definition) is 1. The van der Waals surface area contributed by atoms with Crippen molar-refractivity contribution in [1.29, 1.82) is 0 Å². The van der Waals surface area contributed by atoms with Crippen molar-refractivity contribution in [3.05, 3.63) is 29.8 Å². The smallest absolute Gasteiger partial charge is 0.416 e. The number of carboxylic acids is 1. The molecule has 0 radical (unpaired) electrons. The van der Waals surface area contributed by atoms with Crippen LogP contribution >= 0.6 is 0 Å². The van der Waals surface area contributed by atoms with Gasteiger partial charge in [0.2, 0.25) is 0 Å². The molecule has 94 valence electrons. The molecule has 0 saturated carbocycles. The molecule has 0 amide bonds. The molecule has 1 aromatic rings. The predicted octanol–water partition coefficient (Wildman–Crippen LogP) is 2.95. The van der Waals surface area contributed by atoms with Gasteiger partial charge in [-0.15, -0.1) is 0 Å². The third-order valence-corrected chi connectivity index (χ3v) is 1.99. The zero-order chi connectivity index (χ0) is 12.9. The van der Waals surface area contributed by atoms with Crippen LogP contribution in [0.3, 0.4) is 0 Å². The molecular weight excluding hydrogens is 237 g/mol. The number of rotatable bonds is 5. The van der Waals surface area contributed by atoms with Gasteiger partial charge < -0.3 is 9.84 Å². The number of hydrogen-bond acceptors (Lipinski definition) is 2. The average molecular weight is 248 g/mol. The van der Waals surface area contributed by atoms with Gasteiger partial charge in [-0.3, -0.25) is 4.79 Å². The van der Waals surface area contributed by atoms with Crippen LogP contribution in [0.25, 0.3) is 0 Å². The van der Waals surface area contributed by atoms with Crippen molar-refractivity contribution >= 4 is 5.97 Å². The Morgan fingerprint density at radius 1 is 1.24 bits per heavy atom. The standard InChI is InChI=1S/C11H11F3O3/c12-11(13,14)8-3-5-9(6-4-8)17-7-1-2-10(15)16/h3-6H,1-2,7H2,(H,15,16). The van der Waals surface area contributed by atoms with Crippen molar-refractivity contribution in [1.82, 2.24) is 0 Å². The van der Waals surface area contributed by atoms with E-state index >= 15 is 0 Å². The van der Waals surface area contributed by atoms with Crippen molar-refractivity contribution in [2.45, 2.75) is 19.0 Å². The van der Waals surface area contributed by atoms with Crippen LogP contribution in [-0.2, 0) is 11.0 Å². The van der Waals surface area contributed by atoms with Gasteiger partial charge in [0, 0.05) is 6.42 Å². The molecule has 0 heterocycles. The molecule has 3 nitrogen and oxygen atoms in total. The van der Waals surface area contributed by atoms with Crippen LogP contribution in [0, 0.1) is 0 Å². The summed E-state index contributed by atoms with van der Waals surface area (Å²) >= 11 is 0. The summed E-state index contributed by atoms with van der Waals surface area (Å²) in [5, 5.41) is 8.36. The molecule has 0 unspecified atom stereocenters. The summed E-state index contributed by atoms with van der Waals surface area (Å²) in [4.78, 5) is 10.2. The van der Waals surface area contributed by atoms with E-state index in [1.54, 1.807) is 0 Å². The molecule has 0 aliphatic rings. The quantitative estimate of drug-likeness (QED) is 0.815. The first-order chi connectivity index (χ1) is 7.89. The Labute approximate surface area is 95.8 Å². The van der Waals surface area contributed by atoms with Crippen LogP contribution in [0.4, 0.5) is 13.2 Å². The number of halogens is 3. The van der Waals surface area contributed by atoms with E-state index in [0.717, 1.165) is 12.1 Å². The Kier molecular flexibility index (Phi) is 4.37. The molecular formula is C11H11F3O3. The van der Waals surface area contributed by atoms with E-state index in [4.69, 9.17) is 9.84 Å². The number of aliphatic carboxylic acids is 1. The van der Waals surface area contributed by atoms with Crippen LogP contribution in [0.5, 0.6) is 5.75 Å². The molecule has 0 aliphatic carbocycles. The monoisotopic (exact) mass is 248 g/mol. The van der Waals surface area contributed by atoms with Crippen LogP contribution in [0.2, 0.25) is 0 Å². The maximum absolute atomic E-state index is 12.2. The van der Waals surface area contributed by atoms with Crippen LogP contribution in [0.15, 0.2) is 24.3 Å². The van der Waals surface area contributed by atoms with Gasteiger partial charge in [0.25, 0.3) is 0 Å². The maximum atomic E-state index is 12.2. The second-order valence-corrected chi connectivity index (χ2v) is 3.37. The summed E-state index contributed by atoms with van der Waals surface area (Å²) < 4.78 is 41.7. The highest BCUT2D eigenvalue weighted by molar-refractivity contribution is 5.66. The number of carboxylic acid groups (broad SMARTS) is 1. The molecule has 1 aromatic carbocycles. The third kappa shape index (κ3) is 4.76. The molecule has 0 atom stereocenters. The summed E-state index contributed by atoms with van der Waals surface area (Å²) in [5.74, 6) is -0.635. The lowest BCUT2D eigenvalue weighted by Crippen LogP contribution is -2.05. The SMILES string of the molecule is O=C(O)CCCOc1ccc(C(F)(F)F)cc1. The normalized spacial score (nSPS) is 11.2. The molecule has 0 fully saturated rings. The first-order valence-corrected chi connectivity index (χ1v) is 4.91. The van der Waals surface area contributed by atoms with E-state index in [-0.39, 0.29) is 13.0 Å². The predicted molar refractivity (Wildman–Crippen MR) is 53.8 cm³/mol. The van der Waals surface area contributed by atoms with Gasteiger partial charge in [-0.25, -0.2) is 0 Å². The van der Waals surface area contributed by atoms with Crippen molar-refractivity contribution in [3.8, 4) is 5.75 Å². The fourth-order valence-electron chi connectivity index (χ4n) is 1.15. The Bertz CT molecular complexity index is 371. The minimum atomic E-state index is -4.36. The number of benzene rings is 1. The fourth-order valence-corrected chi connectivity index (χ4v) is 1.15. The summed E-state index contributed by atoms with van der Waals surface area (Å²) in [7, 11) is 0. The minimum Gasteiger partial charge on any atom is -0.494 e. The molecule has 0 aromatic heterocycles. The van der Waals surface area contributed by atoms with Crippen LogP contribution in [0.1, 0.15) is 18.4 Å². The highest BCUT2D eigenvalue weighted by atomic mass is 19.4. The lowest BCUT2D eigenvalue weighted by Gasteiger charge is -2.08. The van der Waals surface area contributed by atoms with Gasteiger partial charge in [0.15, 0.2) is 0 Å². The minimum absolute atomic E-state index is 0.0271. The summed E-state index contributed by atoms with van der Waals surface area (Å²) in [6, 6.07) is 4.27. The Morgan fingerprint density at radius 3 is 2.29 bits per heavy atom. The first kappa shape index (κ1) is 13.3. The van der Waals surface area contributed by atoms with E-state index < -0.39 is 17.7 Å². The second kappa shape index (κ2) is 5.56. The molecule has 0 spiro atoms. The zero-order valence-corrected chi connectivity index (χ0v) is 8.83. The van der Waals surface area contributed by atoms with Gasteiger partial charge in [0.05, 0.1) is 12.2 Å². The number of carbonyl (C=O) groups is 1.